The number of carboxylic acid groups (broad SMARTS) is 1. The maximum atomic E-state index is 12.9. The average Bonchev–Trinajstić information content (AvgIpc) is 2.15. The number of Topliss-reactive ketones (excluding diaryl/α,β-unsaturated/α-hetero) is 1. The number of hydrogen-bond donors (Lipinski definition) is 1. The maximum Gasteiger partial charge on any atom is 0.309 e. The quantitative estimate of drug-likeness (QED) is 0.826. The molecule has 0 aliphatic carbocycles. The highest BCUT2D eigenvalue weighted by Gasteiger charge is 2.30. The summed E-state index contributed by atoms with van der Waals surface area (Å²) in [6, 6.07) is 2.44. The van der Waals surface area contributed by atoms with E-state index in [2.05, 4.69) is 0 Å². The van der Waals surface area contributed by atoms with Crippen LogP contribution in [-0.4, -0.2) is 16.9 Å². The third-order valence-electron chi connectivity index (χ3n) is 2.37. The van der Waals surface area contributed by atoms with E-state index in [0.717, 1.165) is 12.1 Å². The Hall–Kier alpha value is -1.78. The first kappa shape index (κ1) is 13.3. The minimum absolute atomic E-state index is 0.156. The molecule has 0 aromatic heterocycles. The summed E-state index contributed by atoms with van der Waals surface area (Å²) in [5, 5.41) is 8.85. The van der Waals surface area contributed by atoms with E-state index < -0.39 is 28.8 Å². The molecule has 0 spiro atoms. The first-order valence-corrected chi connectivity index (χ1v) is 4.95. The highest BCUT2D eigenvalue weighted by atomic mass is 19.1. The van der Waals surface area contributed by atoms with Crippen LogP contribution in [0.2, 0.25) is 0 Å². The fourth-order valence-corrected chi connectivity index (χ4v) is 1.29. The first-order valence-electron chi connectivity index (χ1n) is 4.95. The highest BCUT2D eigenvalue weighted by Crippen LogP contribution is 2.23. The average molecular weight is 242 g/mol. The standard InChI is InChI=1S/C12H12F2O3/c1-12(2,11(16)17)6-10(15)7-3-8(13)5-9(14)4-7/h3-5H,6H2,1-2H3,(H,16,17). The van der Waals surface area contributed by atoms with E-state index in [4.69, 9.17) is 5.11 Å². The van der Waals surface area contributed by atoms with Gasteiger partial charge in [-0.25, -0.2) is 8.78 Å². The van der Waals surface area contributed by atoms with Gasteiger partial charge in [-0.2, -0.15) is 0 Å². The van der Waals surface area contributed by atoms with Gasteiger partial charge in [0, 0.05) is 18.1 Å². The van der Waals surface area contributed by atoms with E-state index >= 15 is 0 Å². The Morgan fingerprint density at radius 3 is 2.06 bits per heavy atom. The summed E-state index contributed by atoms with van der Waals surface area (Å²) >= 11 is 0. The zero-order valence-electron chi connectivity index (χ0n) is 9.46. The molecule has 0 fully saturated rings. The number of aliphatic carboxylic acids is 1. The van der Waals surface area contributed by atoms with Gasteiger partial charge in [-0.15, -0.1) is 0 Å². The van der Waals surface area contributed by atoms with Crippen molar-refractivity contribution >= 4 is 11.8 Å². The minimum Gasteiger partial charge on any atom is -0.481 e. The van der Waals surface area contributed by atoms with Gasteiger partial charge in [-0.1, -0.05) is 0 Å². The van der Waals surface area contributed by atoms with Crippen LogP contribution in [0.15, 0.2) is 18.2 Å². The normalized spacial score (nSPS) is 11.3. The second kappa shape index (κ2) is 4.61. The molecule has 0 radical (unpaired) electrons. The summed E-state index contributed by atoms with van der Waals surface area (Å²) in [6.45, 7) is 2.76. The third kappa shape index (κ3) is 3.34. The molecule has 0 bridgehead atoms. The van der Waals surface area contributed by atoms with Crippen LogP contribution in [-0.2, 0) is 4.79 Å². The number of ketones is 1. The molecule has 0 heterocycles. The van der Waals surface area contributed by atoms with E-state index in [1.54, 1.807) is 0 Å². The molecule has 0 aliphatic rings. The van der Waals surface area contributed by atoms with Gasteiger partial charge >= 0.3 is 5.97 Å². The van der Waals surface area contributed by atoms with Crippen LogP contribution >= 0.6 is 0 Å². The molecular weight excluding hydrogens is 230 g/mol. The van der Waals surface area contributed by atoms with E-state index in [0.29, 0.717) is 6.07 Å². The van der Waals surface area contributed by atoms with Crippen molar-refractivity contribution < 1.29 is 23.5 Å². The molecule has 3 nitrogen and oxygen atoms in total. The molecule has 1 aromatic rings. The Labute approximate surface area is 97.1 Å². The summed E-state index contributed by atoms with van der Waals surface area (Å²) in [4.78, 5) is 22.5. The van der Waals surface area contributed by atoms with Crippen molar-refractivity contribution in [1.29, 1.82) is 0 Å². The van der Waals surface area contributed by atoms with E-state index in [1.165, 1.54) is 13.8 Å². The Bertz CT molecular complexity index is 447. The van der Waals surface area contributed by atoms with Gasteiger partial charge in [0.25, 0.3) is 0 Å². The summed E-state index contributed by atoms with van der Waals surface area (Å²) in [7, 11) is 0. The van der Waals surface area contributed by atoms with Crippen molar-refractivity contribution in [3.63, 3.8) is 0 Å². The lowest BCUT2D eigenvalue weighted by molar-refractivity contribution is -0.146. The summed E-state index contributed by atoms with van der Waals surface area (Å²) in [6.07, 6.45) is -0.314. The second-order valence-corrected chi connectivity index (χ2v) is 4.45. The number of hydrogen-bond acceptors (Lipinski definition) is 2. The number of rotatable bonds is 4. The van der Waals surface area contributed by atoms with Crippen molar-refractivity contribution in [3.8, 4) is 0 Å². The van der Waals surface area contributed by atoms with Crippen molar-refractivity contribution in [2.45, 2.75) is 20.3 Å². The van der Waals surface area contributed by atoms with Gasteiger partial charge in [0.2, 0.25) is 0 Å². The molecule has 92 valence electrons. The first-order chi connectivity index (χ1) is 7.72. The van der Waals surface area contributed by atoms with Gasteiger partial charge in [-0.3, -0.25) is 9.59 Å². The van der Waals surface area contributed by atoms with Crippen molar-refractivity contribution in [1.82, 2.24) is 0 Å². The molecular formula is C12H12F2O3. The SMILES string of the molecule is CC(C)(CC(=O)c1cc(F)cc(F)c1)C(=O)O. The fourth-order valence-electron chi connectivity index (χ4n) is 1.29. The smallest absolute Gasteiger partial charge is 0.309 e. The van der Waals surface area contributed by atoms with Crippen molar-refractivity contribution in [3.05, 3.63) is 35.4 Å². The van der Waals surface area contributed by atoms with Crippen LogP contribution in [0.4, 0.5) is 8.78 Å². The van der Waals surface area contributed by atoms with E-state index in [9.17, 15) is 18.4 Å². The van der Waals surface area contributed by atoms with E-state index in [1.807, 2.05) is 0 Å². The molecule has 0 saturated carbocycles. The minimum atomic E-state index is -1.26. The van der Waals surface area contributed by atoms with Crippen LogP contribution in [0.1, 0.15) is 30.6 Å². The summed E-state index contributed by atoms with van der Waals surface area (Å²) in [5.74, 6) is -3.46. The van der Waals surface area contributed by atoms with Gasteiger partial charge in [0.05, 0.1) is 5.41 Å². The van der Waals surface area contributed by atoms with E-state index in [-0.39, 0.29) is 12.0 Å². The molecule has 1 N–H and O–H groups in total. The molecule has 0 amide bonds. The highest BCUT2D eigenvalue weighted by molar-refractivity contribution is 5.98. The Morgan fingerprint density at radius 1 is 1.18 bits per heavy atom. The van der Waals surface area contributed by atoms with Crippen LogP contribution in [0, 0.1) is 17.0 Å². The van der Waals surface area contributed by atoms with Gasteiger partial charge in [0.15, 0.2) is 5.78 Å². The molecule has 0 saturated heterocycles. The lowest BCUT2D eigenvalue weighted by Crippen LogP contribution is -2.27. The summed E-state index contributed by atoms with van der Waals surface area (Å²) < 4.78 is 25.7. The Kier molecular flexibility index (Phi) is 3.60. The second-order valence-electron chi connectivity index (χ2n) is 4.45. The van der Waals surface area contributed by atoms with Gasteiger partial charge < -0.3 is 5.11 Å². The number of carboxylic acids is 1. The molecule has 0 aliphatic heterocycles. The van der Waals surface area contributed by atoms with Crippen molar-refractivity contribution in [2.75, 3.05) is 0 Å². The van der Waals surface area contributed by atoms with Crippen molar-refractivity contribution in [2.24, 2.45) is 5.41 Å². The predicted molar refractivity (Wildman–Crippen MR) is 56.7 cm³/mol. The number of halogens is 2. The molecule has 0 atom stereocenters. The molecule has 1 rings (SSSR count). The van der Waals surface area contributed by atoms with Gasteiger partial charge in [0.1, 0.15) is 11.6 Å². The maximum absolute atomic E-state index is 12.9. The Morgan fingerprint density at radius 2 is 1.65 bits per heavy atom. The largest absolute Gasteiger partial charge is 0.481 e. The monoisotopic (exact) mass is 242 g/mol. The molecule has 5 heteroatoms. The van der Waals surface area contributed by atoms with Gasteiger partial charge in [-0.05, 0) is 26.0 Å². The zero-order valence-corrected chi connectivity index (χ0v) is 9.46. The summed E-state index contributed by atoms with van der Waals surface area (Å²) in [5.41, 5.74) is -1.42. The lowest BCUT2D eigenvalue weighted by atomic mass is 9.86. The molecule has 17 heavy (non-hydrogen) atoms. The topological polar surface area (TPSA) is 54.4 Å². The zero-order chi connectivity index (χ0) is 13.2. The van der Waals surface area contributed by atoms with Crippen LogP contribution in [0.5, 0.6) is 0 Å². The molecule has 0 unspecified atom stereocenters. The van der Waals surface area contributed by atoms with Crippen LogP contribution in [0.3, 0.4) is 0 Å². The third-order valence-corrected chi connectivity index (χ3v) is 2.37. The number of carbonyl (C=O) groups excluding carboxylic acids is 1. The number of benzene rings is 1. The number of carbonyl (C=O) groups is 2. The fraction of sp³-hybridized carbons (Fsp3) is 0.333. The van der Waals surface area contributed by atoms with Crippen LogP contribution < -0.4 is 0 Å². The lowest BCUT2D eigenvalue weighted by Gasteiger charge is -2.17. The molecule has 1 aromatic carbocycles. The Balaban J connectivity index is 2.94. The van der Waals surface area contributed by atoms with Crippen LogP contribution in [0.25, 0.3) is 0 Å². The predicted octanol–water partition coefficient (Wildman–Crippen LogP) is 2.65.